The molecule has 0 spiro atoms. The molecule has 2 N–H and O–H groups in total. The number of nitrogens with two attached hydrogens (primary N) is 1. The average Bonchev–Trinajstić information content (AvgIpc) is 3.13. The molecule has 0 aliphatic heterocycles. The van der Waals surface area contributed by atoms with Crippen LogP contribution in [0.4, 0.5) is 0 Å². The molecule has 0 aromatic rings. The van der Waals surface area contributed by atoms with Crippen molar-refractivity contribution < 1.29 is 4.79 Å². The Balaban J connectivity index is 2.81. The number of nitrogens with zero attached hydrogens (tertiary/aromatic N) is 1. The lowest BCUT2D eigenvalue weighted by Crippen LogP contribution is -2.48. The van der Waals surface area contributed by atoms with Gasteiger partial charge in [0, 0.05) is 19.1 Å². The lowest BCUT2D eigenvalue weighted by Gasteiger charge is -2.35. The summed E-state index contributed by atoms with van der Waals surface area (Å²) < 4.78 is 0. The highest BCUT2D eigenvalue weighted by atomic mass is 16.2. The quantitative estimate of drug-likeness (QED) is 0.672. The van der Waals surface area contributed by atoms with Crippen LogP contribution in [-0.4, -0.2) is 29.9 Å². The molecule has 1 saturated carbocycles. The van der Waals surface area contributed by atoms with Gasteiger partial charge < -0.3 is 10.6 Å². The van der Waals surface area contributed by atoms with Gasteiger partial charge in [0.1, 0.15) is 0 Å². The van der Waals surface area contributed by atoms with E-state index in [1.165, 1.54) is 0 Å². The molecule has 1 amide bonds. The molecular weight excluding hydrogens is 200 g/mol. The highest BCUT2D eigenvalue weighted by Crippen LogP contribution is 2.34. The molecule has 3 heteroatoms. The fourth-order valence-electron chi connectivity index (χ4n) is 2.16. The standard InChI is InChI=1S/C13H24N2O/c1-4-9-15(11-7-8-11)12(16)13(5-2,6-3)10-14/h4,11H,1,5-10,14H2,2-3H3. The number of amides is 1. The topological polar surface area (TPSA) is 46.3 Å². The summed E-state index contributed by atoms with van der Waals surface area (Å²) in [4.78, 5) is 14.5. The van der Waals surface area contributed by atoms with Gasteiger partial charge in [-0.15, -0.1) is 6.58 Å². The van der Waals surface area contributed by atoms with Crippen molar-refractivity contribution in [3.05, 3.63) is 12.7 Å². The summed E-state index contributed by atoms with van der Waals surface area (Å²) in [6.45, 7) is 8.93. The van der Waals surface area contributed by atoms with Crippen molar-refractivity contribution in [3.63, 3.8) is 0 Å². The van der Waals surface area contributed by atoms with Crippen LogP contribution in [0, 0.1) is 5.41 Å². The van der Waals surface area contributed by atoms with E-state index < -0.39 is 0 Å². The van der Waals surface area contributed by atoms with Crippen LogP contribution in [0.15, 0.2) is 12.7 Å². The second kappa shape index (κ2) is 5.48. The molecule has 1 rings (SSSR count). The fourth-order valence-corrected chi connectivity index (χ4v) is 2.16. The average molecular weight is 224 g/mol. The molecule has 0 atom stereocenters. The number of carbonyl (C=O) groups is 1. The van der Waals surface area contributed by atoms with Gasteiger partial charge in [-0.1, -0.05) is 19.9 Å². The summed E-state index contributed by atoms with van der Waals surface area (Å²) in [6.07, 6.45) is 5.71. The van der Waals surface area contributed by atoms with E-state index in [2.05, 4.69) is 6.58 Å². The van der Waals surface area contributed by atoms with E-state index in [0.717, 1.165) is 25.7 Å². The Labute approximate surface area is 98.7 Å². The molecule has 0 aromatic heterocycles. The molecular formula is C13H24N2O. The van der Waals surface area contributed by atoms with Crippen LogP contribution in [0.1, 0.15) is 39.5 Å². The zero-order valence-corrected chi connectivity index (χ0v) is 10.5. The van der Waals surface area contributed by atoms with Crippen LogP contribution in [0.2, 0.25) is 0 Å². The lowest BCUT2D eigenvalue weighted by atomic mass is 9.81. The van der Waals surface area contributed by atoms with Gasteiger partial charge in [0.15, 0.2) is 0 Å². The summed E-state index contributed by atoms with van der Waals surface area (Å²) in [5, 5.41) is 0. The SMILES string of the molecule is C=CCN(C(=O)C(CC)(CC)CN)C1CC1. The van der Waals surface area contributed by atoms with Gasteiger partial charge >= 0.3 is 0 Å². The first kappa shape index (κ1) is 13.2. The number of rotatable bonds is 7. The van der Waals surface area contributed by atoms with Crippen LogP contribution in [0.25, 0.3) is 0 Å². The van der Waals surface area contributed by atoms with Crippen molar-refractivity contribution in [2.75, 3.05) is 13.1 Å². The van der Waals surface area contributed by atoms with Crippen molar-refractivity contribution in [1.82, 2.24) is 4.90 Å². The Hall–Kier alpha value is -0.830. The second-order valence-corrected chi connectivity index (χ2v) is 4.67. The fraction of sp³-hybridized carbons (Fsp3) is 0.769. The van der Waals surface area contributed by atoms with Gasteiger partial charge in [0.2, 0.25) is 5.91 Å². The van der Waals surface area contributed by atoms with Crippen molar-refractivity contribution in [2.24, 2.45) is 11.1 Å². The third-order valence-electron chi connectivity index (χ3n) is 3.77. The molecule has 1 fully saturated rings. The van der Waals surface area contributed by atoms with E-state index >= 15 is 0 Å². The highest BCUT2D eigenvalue weighted by molar-refractivity contribution is 5.83. The van der Waals surface area contributed by atoms with Crippen molar-refractivity contribution in [1.29, 1.82) is 0 Å². The first-order chi connectivity index (χ1) is 7.65. The number of hydrogen-bond donors (Lipinski definition) is 1. The van der Waals surface area contributed by atoms with Crippen LogP contribution in [0.5, 0.6) is 0 Å². The van der Waals surface area contributed by atoms with E-state index in [-0.39, 0.29) is 11.3 Å². The first-order valence-corrected chi connectivity index (χ1v) is 6.27. The zero-order chi connectivity index (χ0) is 12.2. The minimum atomic E-state index is -0.356. The monoisotopic (exact) mass is 224 g/mol. The number of hydrogen-bond acceptors (Lipinski definition) is 2. The normalized spacial score (nSPS) is 15.9. The third-order valence-corrected chi connectivity index (χ3v) is 3.77. The maximum absolute atomic E-state index is 12.5. The van der Waals surface area contributed by atoms with Gasteiger partial charge in [0.05, 0.1) is 5.41 Å². The van der Waals surface area contributed by atoms with Crippen molar-refractivity contribution in [2.45, 2.75) is 45.6 Å². The molecule has 0 aromatic carbocycles. The Morgan fingerprint density at radius 3 is 2.38 bits per heavy atom. The minimum absolute atomic E-state index is 0.224. The Kier molecular flexibility index (Phi) is 4.54. The Morgan fingerprint density at radius 1 is 1.50 bits per heavy atom. The van der Waals surface area contributed by atoms with Gasteiger partial charge in [-0.25, -0.2) is 0 Å². The van der Waals surface area contributed by atoms with E-state index in [1.54, 1.807) is 0 Å². The predicted molar refractivity (Wildman–Crippen MR) is 67.0 cm³/mol. The van der Waals surface area contributed by atoms with Gasteiger partial charge in [-0.2, -0.15) is 0 Å². The van der Waals surface area contributed by atoms with Crippen LogP contribution in [0.3, 0.4) is 0 Å². The molecule has 92 valence electrons. The van der Waals surface area contributed by atoms with Crippen LogP contribution >= 0.6 is 0 Å². The van der Waals surface area contributed by atoms with Crippen LogP contribution in [-0.2, 0) is 4.79 Å². The highest BCUT2D eigenvalue weighted by Gasteiger charge is 2.41. The number of carbonyl (C=O) groups excluding carboxylic acids is 1. The van der Waals surface area contributed by atoms with E-state index in [1.807, 2.05) is 24.8 Å². The maximum Gasteiger partial charge on any atom is 0.230 e. The zero-order valence-electron chi connectivity index (χ0n) is 10.5. The first-order valence-electron chi connectivity index (χ1n) is 6.27. The maximum atomic E-state index is 12.5. The van der Waals surface area contributed by atoms with Gasteiger partial charge in [0.25, 0.3) is 0 Å². The van der Waals surface area contributed by atoms with E-state index in [9.17, 15) is 4.79 Å². The van der Waals surface area contributed by atoms with E-state index in [0.29, 0.717) is 19.1 Å². The molecule has 1 aliphatic rings. The largest absolute Gasteiger partial charge is 0.335 e. The van der Waals surface area contributed by atoms with Gasteiger partial charge in [-0.05, 0) is 25.7 Å². The molecule has 0 radical (unpaired) electrons. The minimum Gasteiger partial charge on any atom is -0.335 e. The Morgan fingerprint density at radius 2 is 2.06 bits per heavy atom. The summed E-state index contributed by atoms with van der Waals surface area (Å²) in [5.41, 5.74) is 5.46. The summed E-state index contributed by atoms with van der Waals surface area (Å²) in [5.74, 6) is 0.224. The smallest absolute Gasteiger partial charge is 0.230 e. The molecule has 0 saturated heterocycles. The van der Waals surface area contributed by atoms with E-state index in [4.69, 9.17) is 5.73 Å². The molecule has 0 unspecified atom stereocenters. The third kappa shape index (κ3) is 2.46. The second-order valence-electron chi connectivity index (χ2n) is 4.67. The Bertz CT molecular complexity index is 246. The molecule has 1 aliphatic carbocycles. The molecule has 0 heterocycles. The summed E-state index contributed by atoms with van der Waals surface area (Å²) in [7, 11) is 0. The van der Waals surface area contributed by atoms with Crippen molar-refractivity contribution >= 4 is 5.91 Å². The molecule has 3 nitrogen and oxygen atoms in total. The molecule has 0 bridgehead atoms. The molecule has 16 heavy (non-hydrogen) atoms. The summed E-state index contributed by atoms with van der Waals surface area (Å²) >= 11 is 0. The lowest BCUT2D eigenvalue weighted by molar-refractivity contribution is -0.142. The predicted octanol–water partition coefficient (Wildman–Crippen LogP) is 1.93. The van der Waals surface area contributed by atoms with Gasteiger partial charge in [-0.3, -0.25) is 4.79 Å². The summed E-state index contributed by atoms with van der Waals surface area (Å²) in [6, 6.07) is 0.439. The van der Waals surface area contributed by atoms with Crippen molar-refractivity contribution in [3.8, 4) is 0 Å². The van der Waals surface area contributed by atoms with Crippen LogP contribution < -0.4 is 5.73 Å².